The lowest BCUT2D eigenvalue weighted by atomic mass is 9.95. The smallest absolute Gasteiger partial charge is 0.0972 e. The number of pyridine rings is 5. The molecule has 0 radical (unpaired) electrons. The zero-order chi connectivity index (χ0) is 33.0. The number of fused-ring (bicyclic) bond motifs is 6. The van der Waals surface area contributed by atoms with Crippen molar-refractivity contribution in [3.8, 4) is 45.0 Å². The SMILES string of the molecule is c1ccc(-c2ccc3ccc(-c4ccc5ccc(-c6ccc(-c7ccc8ccc9cccnc9c8n7)c7ccccc67)nc5c4)cc3n2)nc1. The van der Waals surface area contributed by atoms with Gasteiger partial charge in [0, 0.05) is 45.1 Å². The standard InChI is InChI=1S/C45H27N5/c1-2-8-35-34(7-1)36(19-20-37(35)39-22-18-31-13-12-30-6-5-25-47-44(30)45(31)50-39)38-21-16-28-10-14-32(26-42(28)48-38)33-15-11-29-17-23-41(49-43(29)27-33)40-9-3-4-24-46-40/h1-27H. The Hall–Kier alpha value is -6.85. The van der Waals surface area contributed by atoms with Gasteiger partial charge in [-0.05, 0) is 70.4 Å². The second-order valence-corrected chi connectivity index (χ2v) is 12.5. The molecule has 0 amide bonds. The lowest BCUT2D eigenvalue weighted by molar-refractivity contribution is 1.28. The molecule has 0 spiro atoms. The average molecular weight is 638 g/mol. The molecule has 0 fully saturated rings. The van der Waals surface area contributed by atoms with E-state index in [4.69, 9.17) is 15.0 Å². The quantitative estimate of drug-likeness (QED) is 0.180. The van der Waals surface area contributed by atoms with Gasteiger partial charge in [-0.3, -0.25) is 9.97 Å². The van der Waals surface area contributed by atoms with Crippen LogP contribution in [0.15, 0.2) is 164 Å². The molecule has 10 rings (SSSR count). The average Bonchev–Trinajstić information content (AvgIpc) is 3.19. The molecule has 10 aromatic rings. The molecule has 5 heteroatoms. The van der Waals surface area contributed by atoms with Gasteiger partial charge in [0.1, 0.15) is 0 Å². The maximum absolute atomic E-state index is 5.23. The fourth-order valence-corrected chi connectivity index (χ4v) is 7.02. The lowest BCUT2D eigenvalue weighted by Gasteiger charge is -2.13. The van der Waals surface area contributed by atoms with Crippen molar-refractivity contribution >= 4 is 54.4 Å². The van der Waals surface area contributed by atoms with Crippen LogP contribution in [0.2, 0.25) is 0 Å². The summed E-state index contributed by atoms with van der Waals surface area (Å²) < 4.78 is 0. The van der Waals surface area contributed by atoms with Gasteiger partial charge >= 0.3 is 0 Å². The van der Waals surface area contributed by atoms with E-state index in [2.05, 4.69) is 131 Å². The van der Waals surface area contributed by atoms with Crippen molar-refractivity contribution < 1.29 is 0 Å². The summed E-state index contributed by atoms with van der Waals surface area (Å²) in [6, 6.07) is 52.6. The minimum Gasteiger partial charge on any atom is -0.255 e. The van der Waals surface area contributed by atoms with Crippen molar-refractivity contribution in [3.63, 3.8) is 0 Å². The molecular formula is C45H27N5. The molecule has 5 heterocycles. The predicted octanol–water partition coefficient (Wildman–Crippen LogP) is 11.1. The minimum absolute atomic E-state index is 0.861. The Balaban J connectivity index is 1.06. The summed E-state index contributed by atoms with van der Waals surface area (Å²) in [4.78, 5) is 24.5. The Bertz CT molecular complexity index is 2940. The van der Waals surface area contributed by atoms with Gasteiger partial charge in [0.05, 0.1) is 44.8 Å². The molecular weight excluding hydrogens is 611 g/mol. The van der Waals surface area contributed by atoms with Crippen LogP contribution in [0, 0.1) is 0 Å². The van der Waals surface area contributed by atoms with Crippen LogP contribution in [-0.2, 0) is 0 Å². The van der Waals surface area contributed by atoms with E-state index in [1.165, 1.54) is 0 Å². The zero-order valence-electron chi connectivity index (χ0n) is 26.8. The van der Waals surface area contributed by atoms with Gasteiger partial charge in [0.15, 0.2) is 0 Å². The van der Waals surface area contributed by atoms with E-state index >= 15 is 0 Å². The number of benzene rings is 5. The molecule has 5 aromatic carbocycles. The first-order valence-electron chi connectivity index (χ1n) is 16.7. The Morgan fingerprint density at radius 1 is 0.320 bits per heavy atom. The third kappa shape index (κ3) is 4.75. The van der Waals surface area contributed by atoms with Gasteiger partial charge < -0.3 is 0 Å². The van der Waals surface area contributed by atoms with Crippen LogP contribution in [0.1, 0.15) is 0 Å². The summed E-state index contributed by atoms with van der Waals surface area (Å²) in [6.45, 7) is 0. The van der Waals surface area contributed by atoms with E-state index in [-0.39, 0.29) is 0 Å². The van der Waals surface area contributed by atoms with Crippen molar-refractivity contribution in [2.24, 2.45) is 0 Å². The fourth-order valence-electron chi connectivity index (χ4n) is 7.02. The van der Waals surface area contributed by atoms with Crippen LogP contribution in [0.5, 0.6) is 0 Å². The summed E-state index contributed by atoms with van der Waals surface area (Å²) in [7, 11) is 0. The maximum Gasteiger partial charge on any atom is 0.0972 e. The number of hydrogen-bond acceptors (Lipinski definition) is 5. The normalized spacial score (nSPS) is 11.6. The summed E-state index contributed by atoms with van der Waals surface area (Å²) in [5, 5.41) is 6.62. The van der Waals surface area contributed by atoms with Crippen LogP contribution < -0.4 is 0 Å². The van der Waals surface area contributed by atoms with Gasteiger partial charge in [-0.15, -0.1) is 0 Å². The maximum atomic E-state index is 5.23. The van der Waals surface area contributed by atoms with Crippen LogP contribution in [-0.4, -0.2) is 24.9 Å². The molecule has 0 saturated carbocycles. The Labute approximate surface area is 287 Å². The summed E-state index contributed by atoms with van der Waals surface area (Å²) in [5.74, 6) is 0. The van der Waals surface area contributed by atoms with E-state index in [0.29, 0.717) is 0 Å². The van der Waals surface area contributed by atoms with Gasteiger partial charge in [-0.25, -0.2) is 15.0 Å². The van der Waals surface area contributed by atoms with Gasteiger partial charge in [-0.1, -0.05) is 103 Å². The Kier molecular flexibility index (Phi) is 6.42. The number of aromatic nitrogens is 5. The molecule has 0 aliphatic carbocycles. The van der Waals surface area contributed by atoms with Gasteiger partial charge in [0.2, 0.25) is 0 Å². The zero-order valence-corrected chi connectivity index (χ0v) is 26.8. The van der Waals surface area contributed by atoms with Crippen LogP contribution in [0.25, 0.3) is 99.4 Å². The third-order valence-electron chi connectivity index (χ3n) is 9.55. The predicted molar refractivity (Wildman–Crippen MR) is 205 cm³/mol. The number of nitrogens with zero attached hydrogens (tertiary/aromatic N) is 5. The van der Waals surface area contributed by atoms with E-state index < -0.39 is 0 Å². The largest absolute Gasteiger partial charge is 0.255 e. The highest BCUT2D eigenvalue weighted by atomic mass is 14.8. The van der Waals surface area contributed by atoms with E-state index in [0.717, 1.165) is 99.4 Å². The monoisotopic (exact) mass is 637 g/mol. The molecule has 0 aliphatic rings. The first-order chi connectivity index (χ1) is 24.7. The van der Waals surface area contributed by atoms with Crippen molar-refractivity contribution in [1.82, 2.24) is 24.9 Å². The second-order valence-electron chi connectivity index (χ2n) is 12.5. The Morgan fingerprint density at radius 3 is 1.54 bits per heavy atom. The Morgan fingerprint density at radius 2 is 0.860 bits per heavy atom. The molecule has 5 nitrogen and oxygen atoms in total. The van der Waals surface area contributed by atoms with E-state index in [1.807, 2.05) is 36.5 Å². The van der Waals surface area contributed by atoms with Crippen LogP contribution in [0.4, 0.5) is 0 Å². The highest BCUT2D eigenvalue weighted by Gasteiger charge is 2.14. The van der Waals surface area contributed by atoms with Gasteiger partial charge in [0.25, 0.3) is 0 Å². The van der Waals surface area contributed by atoms with Crippen LogP contribution in [0.3, 0.4) is 0 Å². The number of rotatable bonds is 4. The number of hydrogen-bond donors (Lipinski definition) is 0. The first-order valence-corrected chi connectivity index (χ1v) is 16.7. The molecule has 0 atom stereocenters. The highest BCUT2D eigenvalue weighted by molar-refractivity contribution is 6.07. The van der Waals surface area contributed by atoms with Crippen LogP contribution >= 0.6 is 0 Å². The molecule has 0 saturated heterocycles. The minimum atomic E-state index is 0.861. The topological polar surface area (TPSA) is 64.5 Å². The summed E-state index contributed by atoms with van der Waals surface area (Å²) in [6.07, 6.45) is 3.63. The molecule has 0 N–H and O–H groups in total. The van der Waals surface area contributed by atoms with Gasteiger partial charge in [-0.2, -0.15) is 0 Å². The molecule has 0 bridgehead atoms. The molecule has 5 aromatic heterocycles. The fraction of sp³-hybridized carbons (Fsp3) is 0. The lowest BCUT2D eigenvalue weighted by Crippen LogP contribution is -1.92. The molecule has 0 aliphatic heterocycles. The summed E-state index contributed by atoms with van der Waals surface area (Å²) in [5.41, 5.74) is 11.6. The molecule has 50 heavy (non-hydrogen) atoms. The van der Waals surface area contributed by atoms with Crippen molar-refractivity contribution in [1.29, 1.82) is 0 Å². The van der Waals surface area contributed by atoms with Crippen molar-refractivity contribution in [2.75, 3.05) is 0 Å². The van der Waals surface area contributed by atoms with E-state index in [1.54, 1.807) is 6.20 Å². The summed E-state index contributed by atoms with van der Waals surface area (Å²) >= 11 is 0. The molecule has 232 valence electrons. The molecule has 0 unspecified atom stereocenters. The van der Waals surface area contributed by atoms with Crippen molar-refractivity contribution in [2.45, 2.75) is 0 Å². The first kappa shape index (κ1) is 28.2. The second kappa shape index (κ2) is 11.4. The highest BCUT2D eigenvalue weighted by Crippen LogP contribution is 2.37. The van der Waals surface area contributed by atoms with E-state index in [9.17, 15) is 0 Å². The third-order valence-corrected chi connectivity index (χ3v) is 9.55. The van der Waals surface area contributed by atoms with Crippen molar-refractivity contribution in [3.05, 3.63) is 164 Å².